The third-order valence-electron chi connectivity index (χ3n) is 3.88. The molecule has 2 aromatic rings. The van der Waals surface area contributed by atoms with Crippen molar-refractivity contribution < 1.29 is 0 Å². The minimum Gasteiger partial charge on any atom is -0.236 e. The average Bonchev–Trinajstić information content (AvgIpc) is 2.62. The second-order valence-corrected chi connectivity index (χ2v) is 5.94. The molecule has 0 saturated carbocycles. The van der Waals surface area contributed by atoms with Gasteiger partial charge in [-0.15, -0.1) is 6.58 Å². The van der Waals surface area contributed by atoms with Crippen molar-refractivity contribution in [1.29, 1.82) is 0 Å². The number of hydrogen-bond acceptors (Lipinski definition) is 4. The first-order chi connectivity index (χ1) is 11.8. The lowest BCUT2D eigenvalue weighted by Gasteiger charge is -2.04. The minimum atomic E-state index is 0.737. The Morgan fingerprint density at radius 2 is 1.67 bits per heavy atom. The summed E-state index contributed by atoms with van der Waals surface area (Å²) in [5, 5.41) is 2.36. The van der Waals surface area contributed by atoms with E-state index >= 15 is 0 Å². The third kappa shape index (κ3) is 6.15. The van der Waals surface area contributed by atoms with Crippen LogP contribution < -0.4 is 0 Å². The number of hydrogen-bond donors (Lipinski definition) is 0. The predicted molar refractivity (Wildman–Crippen MR) is 104 cm³/mol. The molecule has 3 nitrogen and oxygen atoms in total. The Bertz CT molecular complexity index is 671. The highest BCUT2D eigenvalue weighted by molar-refractivity contribution is 7.78. The molecule has 4 heteroatoms. The minimum absolute atomic E-state index is 0.737. The van der Waals surface area contributed by atoms with Crippen molar-refractivity contribution >= 4 is 23.1 Å². The van der Waals surface area contributed by atoms with E-state index in [1.807, 2.05) is 42.7 Å². The van der Waals surface area contributed by atoms with Crippen LogP contribution in [-0.2, 0) is 6.42 Å². The predicted octanol–water partition coefficient (Wildman–Crippen LogP) is 5.95. The van der Waals surface area contributed by atoms with Crippen LogP contribution in [0.3, 0.4) is 0 Å². The average molecular weight is 337 g/mol. The van der Waals surface area contributed by atoms with Crippen molar-refractivity contribution in [2.75, 3.05) is 0 Å². The van der Waals surface area contributed by atoms with Crippen LogP contribution in [0.5, 0.6) is 0 Å². The Balaban J connectivity index is 1.80. The van der Waals surface area contributed by atoms with Gasteiger partial charge >= 0.3 is 0 Å². The van der Waals surface area contributed by atoms with E-state index < -0.39 is 0 Å². The number of unbranched alkanes of at least 4 members (excludes halogenated alkanes) is 5. The van der Waals surface area contributed by atoms with E-state index in [0.29, 0.717) is 0 Å². The van der Waals surface area contributed by atoms with E-state index in [1.165, 1.54) is 37.7 Å². The van der Waals surface area contributed by atoms with Gasteiger partial charge in [0.15, 0.2) is 5.82 Å². The van der Waals surface area contributed by atoms with Gasteiger partial charge < -0.3 is 0 Å². The molecule has 0 aliphatic carbocycles. The van der Waals surface area contributed by atoms with Gasteiger partial charge in [-0.1, -0.05) is 25.3 Å². The van der Waals surface area contributed by atoms with Crippen molar-refractivity contribution in [3.8, 4) is 11.4 Å². The number of aliphatic imine (C=N–C) groups is 1. The number of thiocarbonyl (C=S) groups is 1. The van der Waals surface area contributed by atoms with Gasteiger partial charge in [0.2, 0.25) is 0 Å². The van der Waals surface area contributed by atoms with E-state index in [9.17, 15) is 0 Å². The Hall–Kier alpha value is -2.16. The molecule has 0 fully saturated rings. The monoisotopic (exact) mass is 337 g/mol. The first-order valence-electron chi connectivity index (χ1n) is 8.43. The molecule has 0 aliphatic rings. The van der Waals surface area contributed by atoms with Crippen LogP contribution in [0.15, 0.2) is 54.3 Å². The zero-order valence-electron chi connectivity index (χ0n) is 13.9. The van der Waals surface area contributed by atoms with Crippen LogP contribution in [0.4, 0.5) is 5.69 Å². The summed E-state index contributed by atoms with van der Waals surface area (Å²) in [5.41, 5.74) is 2.97. The smallest absolute Gasteiger partial charge is 0.159 e. The highest BCUT2D eigenvalue weighted by atomic mass is 32.1. The Morgan fingerprint density at radius 1 is 1.00 bits per heavy atom. The molecule has 0 atom stereocenters. The highest BCUT2D eigenvalue weighted by Crippen LogP contribution is 2.19. The van der Waals surface area contributed by atoms with Crippen molar-refractivity contribution in [3.63, 3.8) is 0 Å². The number of allylic oxidation sites excluding steroid dienone is 1. The lowest BCUT2D eigenvalue weighted by atomic mass is 10.1. The molecule has 1 aromatic carbocycles. The Morgan fingerprint density at radius 3 is 2.33 bits per heavy atom. The van der Waals surface area contributed by atoms with Gasteiger partial charge in [0, 0.05) is 18.0 Å². The van der Waals surface area contributed by atoms with Gasteiger partial charge in [-0.3, -0.25) is 0 Å². The second-order valence-electron chi connectivity index (χ2n) is 5.76. The molecular formula is C20H23N3S. The zero-order valence-corrected chi connectivity index (χ0v) is 14.8. The summed E-state index contributed by atoms with van der Waals surface area (Å²) >= 11 is 4.60. The summed E-state index contributed by atoms with van der Waals surface area (Å²) in [6.07, 6.45) is 14.4. The quantitative estimate of drug-likeness (QED) is 0.233. The lowest BCUT2D eigenvalue weighted by molar-refractivity contribution is 0.617. The molecule has 24 heavy (non-hydrogen) atoms. The van der Waals surface area contributed by atoms with Gasteiger partial charge in [0.1, 0.15) is 0 Å². The van der Waals surface area contributed by atoms with Crippen LogP contribution in [-0.4, -0.2) is 15.1 Å². The summed E-state index contributed by atoms with van der Waals surface area (Å²) in [6, 6.07) is 7.67. The molecule has 0 amide bonds. The third-order valence-corrected chi connectivity index (χ3v) is 3.97. The van der Waals surface area contributed by atoms with Crippen LogP contribution >= 0.6 is 12.2 Å². The molecule has 0 N–H and O–H groups in total. The van der Waals surface area contributed by atoms with Crippen LogP contribution in [0, 0.1) is 0 Å². The fraction of sp³-hybridized carbons (Fsp3) is 0.350. The van der Waals surface area contributed by atoms with E-state index in [2.05, 4.69) is 38.9 Å². The standard InChI is InChI=1S/C20H23N3S/c1-2-3-4-5-6-7-8-9-17-14-21-20(22-15-17)18-10-12-19(13-11-18)23-16-24/h2,10-15H,1,3-9H2. The maximum Gasteiger partial charge on any atom is 0.159 e. The summed E-state index contributed by atoms with van der Waals surface area (Å²) in [7, 11) is 0. The lowest BCUT2D eigenvalue weighted by Crippen LogP contribution is -1.93. The molecule has 0 unspecified atom stereocenters. The van der Waals surface area contributed by atoms with Gasteiger partial charge in [-0.05, 0) is 67.7 Å². The summed E-state index contributed by atoms with van der Waals surface area (Å²) < 4.78 is 0. The zero-order chi connectivity index (χ0) is 17.0. The molecule has 0 spiro atoms. The molecule has 124 valence electrons. The largest absolute Gasteiger partial charge is 0.236 e. The fourth-order valence-corrected chi connectivity index (χ4v) is 2.62. The number of rotatable bonds is 10. The van der Waals surface area contributed by atoms with Crippen LogP contribution in [0.25, 0.3) is 11.4 Å². The SMILES string of the molecule is C=CCCCCCCCc1cnc(-c2ccc(N=C=S)cc2)nc1. The van der Waals surface area contributed by atoms with Crippen molar-refractivity contribution in [3.05, 3.63) is 54.9 Å². The number of nitrogens with zero attached hydrogens (tertiary/aromatic N) is 3. The molecule has 1 aromatic heterocycles. The van der Waals surface area contributed by atoms with Gasteiger partial charge in [-0.25, -0.2) is 9.97 Å². The molecular weight excluding hydrogens is 314 g/mol. The van der Waals surface area contributed by atoms with E-state index in [0.717, 1.165) is 29.9 Å². The summed E-state index contributed by atoms with van der Waals surface area (Å²) in [5.74, 6) is 0.737. The number of aromatic nitrogens is 2. The number of isothiocyanates is 1. The highest BCUT2D eigenvalue weighted by Gasteiger charge is 2.02. The first-order valence-corrected chi connectivity index (χ1v) is 8.84. The number of benzene rings is 1. The Labute approximate surface area is 149 Å². The molecule has 0 radical (unpaired) electrons. The van der Waals surface area contributed by atoms with Gasteiger partial charge in [-0.2, -0.15) is 4.99 Å². The molecule has 2 rings (SSSR count). The molecule has 0 saturated heterocycles. The van der Waals surface area contributed by atoms with Crippen LogP contribution in [0.1, 0.15) is 44.1 Å². The van der Waals surface area contributed by atoms with E-state index in [4.69, 9.17) is 0 Å². The van der Waals surface area contributed by atoms with E-state index in [1.54, 1.807) is 0 Å². The van der Waals surface area contributed by atoms with Crippen molar-refractivity contribution in [1.82, 2.24) is 9.97 Å². The van der Waals surface area contributed by atoms with Crippen molar-refractivity contribution in [2.45, 2.75) is 44.9 Å². The Kier molecular flexibility index (Phi) is 8.02. The number of aryl methyl sites for hydroxylation is 1. The molecule has 0 aliphatic heterocycles. The van der Waals surface area contributed by atoms with E-state index in [-0.39, 0.29) is 0 Å². The normalized spacial score (nSPS) is 10.2. The maximum absolute atomic E-state index is 4.60. The van der Waals surface area contributed by atoms with Gasteiger partial charge in [0.05, 0.1) is 10.8 Å². The second kappa shape index (κ2) is 10.6. The topological polar surface area (TPSA) is 38.1 Å². The summed E-state index contributed by atoms with van der Waals surface area (Å²) in [4.78, 5) is 12.9. The fourth-order valence-electron chi connectivity index (χ4n) is 2.52. The molecule has 0 bridgehead atoms. The van der Waals surface area contributed by atoms with Crippen LogP contribution in [0.2, 0.25) is 0 Å². The summed E-state index contributed by atoms with van der Waals surface area (Å²) in [6.45, 7) is 3.75. The maximum atomic E-state index is 4.60. The first kappa shape index (κ1) is 18.2. The van der Waals surface area contributed by atoms with Gasteiger partial charge in [0.25, 0.3) is 0 Å². The molecule has 1 heterocycles. The van der Waals surface area contributed by atoms with Crippen molar-refractivity contribution in [2.24, 2.45) is 4.99 Å².